The van der Waals surface area contributed by atoms with Crippen LogP contribution in [0.2, 0.25) is 0 Å². The van der Waals surface area contributed by atoms with Crippen LogP contribution >= 0.6 is 0 Å². The quantitative estimate of drug-likeness (QED) is 0.683. The third kappa shape index (κ3) is 3.83. The number of ether oxygens (including phenoxy) is 1. The molecule has 2 aromatic heterocycles. The van der Waals surface area contributed by atoms with Gasteiger partial charge >= 0.3 is 0 Å². The fraction of sp³-hybridized carbons (Fsp3) is 0.304. The summed E-state index contributed by atoms with van der Waals surface area (Å²) in [7, 11) is 1.60. The molecule has 0 unspecified atom stereocenters. The standard InChI is InChI=1S/C23H24N4O3/c1-15-9-18(13-24-12-15)25-22(29)19-11-23(19,17-7-5-4-6-8-17)14-30-20-10-21(28)27(3)26-16(20)2/h4-10,12-13,19H,11,14H2,1-3H3,(H,25,29)/t19-,23+/m0/s1. The van der Waals surface area contributed by atoms with Gasteiger partial charge < -0.3 is 10.1 Å². The van der Waals surface area contributed by atoms with E-state index in [-0.39, 0.29) is 24.0 Å². The molecule has 1 N–H and O–H groups in total. The van der Waals surface area contributed by atoms with Crippen molar-refractivity contribution in [1.29, 1.82) is 0 Å². The Balaban J connectivity index is 1.56. The molecule has 1 aliphatic carbocycles. The number of hydrogen-bond donors (Lipinski definition) is 1. The molecule has 4 rings (SSSR count). The zero-order chi connectivity index (χ0) is 21.3. The number of benzene rings is 1. The van der Waals surface area contributed by atoms with Crippen LogP contribution in [0.5, 0.6) is 5.75 Å². The molecule has 0 radical (unpaired) electrons. The topological polar surface area (TPSA) is 86.1 Å². The molecule has 1 aliphatic rings. The van der Waals surface area contributed by atoms with E-state index in [4.69, 9.17) is 4.74 Å². The minimum absolute atomic E-state index is 0.0614. The van der Waals surface area contributed by atoms with Gasteiger partial charge in [0.25, 0.3) is 5.56 Å². The number of rotatable bonds is 6. The first kappa shape index (κ1) is 19.8. The van der Waals surface area contributed by atoms with Crippen molar-refractivity contribution in [2.45, 2.75) is 25.7 Å². The first-order valence-corrected chi connectivity index (χ1v) is 9.85. The molecule has 1 aromatic carbocycles. The molecule has 1 amide bonds. The van der Waals surface area contributed by atoms with Gasteiger partial charge in [-0.25, -0.2) is 4.68 Å². The molecule has 0 saturated heterocycles. The highest BCUT2D eigenvalue weighted by atomic mass is 16.5. The van der Waals surface area contributed by atoms with Gasteiger partial charge in [0.2, 0.25) is 5.91 Å². The summed E-state index contributed by atoms with van der Waals surface area (Å²) in [4.78, 5) is 29.1. The predicted octanol–water partition coefficient (Wildman–Crippen LogP) is 2.77. The molecule has 2 atom stereocenters. The van der Waals surface area contributed by atoms with Crippen LogP contribution in [-0.2, 0) is 17.3 Å². The van der Waals surface area contributed by atoms with Crippen LogP contribution in [0.4, 0.5) is 5.69 Å². The highest BCUT2D eigenvalue weighted by Crippen LogP contribution is 2.55. The largest absolute Gasteiger partial charge is 0.490 e. The van der Waals surface area contributed by atoms with Crippen LogP contribution in [0.15, 0.2) is 59.7 Å². The van der Waals surface area contributed by atoms with Crippen molar-refractivity contribution in [2.24, 2.45) is 13.0 Å². The van der Waals surface area contributed by atoms with E-state index >= 15 is 0 Å². The number of pyridine rings is 1. The zero-order valence-corrected chi connectivity index (χ0v) is 17.3. The third-order valence-electron chi connectivity index (χ3n) is 5.60. The first-order valence-electron chi connectivity index (χ1n) is 9.85. The Morgan fingerprint density at radius 2 is 2.00 bits per heavy atom. The normalized spacial score (nSPS) is 19.9. The second-order valence-corrected chi connectivity index (χ2v) is 7.86. The Labute approximate surface area is 174 Å². The summed E-state index contributed by atoms with van der Waals surface area (Å²) in [5.41, 5.74) is 2.66. The van der Waals surface area contributed by atoms with Gasteiger partial charge in [0.1, 0.15) is 11.4 Å². The van der Waals surface area contributed by atoms with E-state index in [1.54, 1.807) is 26.4 Å². The van der Waals surface area contributed by atoms with Crippen LogP contribution in [0.1, 0.15) is 23.2 Å². The van der Waals surface area contributed by atoms with E-state index in [1.807, 2.05) is 43.3 Å². The Morgan fingerprint density at radius 1 is 1.23 bits per heavy atom. The van der Waals surface area contributed by atoms with E-state index in [2.05, 4.69) is 15.4 Å². The summed E-state index contributed by atoms with van der Waals surface area (Å²) >= 11 is 0. The Hall–Kier alpha value is -3.48. The first-order chi connectivity index (χ1) is 14.4. The van der Waals surface area contributed by atoms with Crippen LogP contribution in [0, 0.1) is 19.8 Å². The van der Waals surface area contributed by atoms with Crippen molar-refractivity contribution in [3.8, 4) is 5.75 Å². The number of amides is 1. The molecule has 3 aromatic rings. The maximum absolute atomic E-state index is 13.0. The van der Waals surface area contributed by atoms with Crippen LogP contribution < -0.4 is 15.6 Å². The lowest BCUT2D eigenvalue weighted by atomic mass is 9.93. The maximum atomic E-state index is 13.0. The van der Waals surface area contributed by atoms with Crippen molar-refractivity contribution in [1.82, 2.24) is 14.8 Å². The molecule has 1 saturated carbocycles. The summed E-state index contributed by atoms with van der Waals surface area (Å²) in [6.45, 7) is 4.02. The van der Waals surface area contributed by atoms with Crippen molar-refractivity contribution < 1.29 is 9.53 Å². The number of nitrogens with one attached hydrogen (secondary N) is 1. The molecule has 30 heavy (non-hydrogen) atoms. The molecule has 0 bridgehead atoms. The predicted molar refractivity (Wildman–Crippen MR) is 114 cm³/mol. The van der Waals surface area contributed by atoms with Crippen molar-refractivity contribution >= 4 is 11.6 Å². The summed E-state index contributed by atoms with van der Waals surface area (Å²) < 4.78 is 7.31. The lowest BCUT2D eigenvalue weighted by molar-refractivity contribution is -0.117. The fourth-order valence-electron chi connectivity index (χ4n) is 3.82. The highest BCUT2D eigenvalue weighted by Gasteiger charge is 2.60. The van der Waals surface area contributed by atoms with Gasteiger partial charge in [-0.15, -0.1) is 0 Å². The third-order valence-corrected chi connectivity index (χ3v) is 5.60. The number of hydrogen-bond acceptors (Lipinski definition) is 5. The maximum Gasteiger partial charge on any atom is 0.270 e. The fourth-order valence-corrected chi connectivity index (χ4v) is 3.82. The van der Waals surface area contributed by atoms with Gasteiger partial charge in [-0.05, 0) is 37.5 Å². The highest BCUT2D eigenvalue weighted by molar-refractivity contribution is 5.96. The number of aromatic nitrogens is 3. The molecule has 1 fully saturated rings. The Kier molecular flexibility index (Phi) is 5.11. The lowest BCUT2D eigenvalue weighted by Crippen LogP contribution is -2.27. The minimum atomic E-state index is -0.448. The summed E-state index contributed by atoms with van der Waals surface area (Å²) in [5.74, 6) is 0.149. The second kappa shape index (κ2) is 7.74. The minimum Gasteiger partial charge on any atom is -0.490 e. The summed E-state index contributed by atoms with van der Waals surface area (Å²) in [6, 6.07) is 13.2. The summed E-state index contributed by atoms with van der Waals surface area (Å²) in [6.07, 6.45) is 4.05. The van der Waals surface area contributed by atoms with Gasteiger partial charge in [0.15, 0.2) is 0 Å². The van der Waals surface area contributed by atoms with E-state index in [0.717, 1.165) is 11.1 Å². The number of carbonyl (C=O) groups is 1. The van der Waals surface area contributed by atoms with Gasteiger partial charge in [0.05, 0.1) is 24.4 Å². The molecular weight excluding hydrogens is 380 g/mol. The average molecular weight is 404 g/mol. The van der Waals surface area contributed by atoms with Crippen molar-refractivity contribution in [3.63, 3.8) is 0 Å². The summed E-state index contributed by atoms with van der Waals surface area (Å²) in [5, 5.41) is 7.15. The smallest absolute Gasteiger partial charge is 0.270 e. The monoisotopic (exact) mass is 404 g/mol. The SMILES string of the molecule is Cc1cncc(NC(=O)[C@@H]2C[C@@]2(COc2cc(=O)n(C)nc2C)c2ccccc2)c1. The molecular formula is C23H24N4O3. The lowest BCUT2D eigenvalue weighted by Gasteiger charge is -2.20. The van der Waals surface area contributed by atoms with Crippen molar-refractivity contribution in [2.75, 3.05) is 11.9 Å². The molecule has 0 spiro atoms. The van der Waals surface area contributed by atoms with E-state index < -0.39 is 5.41 Å². The zero-order valence-electron chi connectivity index (χ0n) is 17.3. The number of aryl methyl sites for hydroxylation is 3. The van der Waals surface area contributed by atoms with Gasteiger partial charge in [-0.1, -0.05) is 30.3 Å². The number of nitrogens with zero attached hydrogens (tertiary/aromatic N) is 3. The number of anilines is 1. The van der Waals surface area contributed by atoms with Crippen LogP contribution in [-0.4, -0.2) is 27.3 Å². The van der Waals surface area contributed by atoms with Gasteiger partial charge in [-0.3, -0.25) is 14.6 Å². The Bertz CT molecular complexity index is 1140. The van der Waals surface area contributed by atoms with Gasteiger partial charge in [0, 0.05) is 24.7 Å². The molecule has 0 aliphatic heterocycles. The van der Waals surface area contributed by atoms with E-state index in [0.29, 0.717) is 23.6 Å². The second-order valence-electron chi connectivity index (χ2n) is 7.86. The van der Waals surface area contributed by atoms with Crippen molar-refractivity contribution in [3.05, 3.63) is 82.0 Å². The molecule has 7 nitrogen and oxygen atoms in total. The van der Waals surface area contributed by atoms with Crippen LogP contribution in [0.3, 0.4) is 0 Å². The molecule has 2 heterocycles. The average Bonchev–Trinajstić information content (AvgIpc) is 3.47. The van der Waals surface area contributed by atoms with E-state index in [9.17, 15) is 9.59 Å². The van der Waals surface area contributed by atoms with Gasteiger partial charge in [-0.2, -0.15) is 5.10 Å². The van der Waals surface area contributed by atoms with E-state index in [1.165, 1.54) is 10.7 Å². The van der Waals surface area contributed by atoms with Crippen LogP contribution in [0.25, 0.3) is 0 Å². The number of carbonyl (C=O) groups excluding carboxylic acids is 1. The molecule has 154 valence electrons. The molecule has 7 heteroatoms. The Morgan fingerprint density at radius 3 is 2.73 bits per heavy atom.